The molecule has 0 aliphatic carbocycles. The van der Waals surface area contributed by atoms with E-state index in [1.165, 1.54) is 5.56 Å². The van der Waals surface area contributed by atoms with Crippen LogP contribution in [0.4, 0.5) is 0 Å². The average Bonchev–Trinajstić information content (AvgIpc) is 2.78. The van der Waals surface area contributed by atoms with Crippen molar-refractivity contribution in [3.63, 3.8) is 0 Å². The lowest BCUT2D eigenvalue weighted by molar-refractivity contribution is 0.289. The molecule has 1 unspecified atom stereocenters. The van der Waals surface area contributed by atoms with Gasteiger partial charge in [0.25, 0.3) is 0 Å². The van der Waals surface area contributed by atoms with Crippen LogP contribution in [0.15, 0.2) is 30.5 Å². The molecule has 0 radical (unpaired) electrons. The summed E-state index contributed by atoms with van der Waals surface area (Å²) in [6.07, 6.45) is 1.93. The Morgan fingerprint density at radius 2 is 2.28 bits per heavy atom. The number of alkyl halides is 1. The van der Waals surface area contributed by atoms with Gasteiger partial charge in [-0.25, -0.2) is 4.68 Å². The van der Waals surface area contributed by atoms with Crippen molar-refractivity contribution in [2.45, 2.75) is 25.2 Å². The number of aromatic nitrogens is 3. The van der Waals surface area contributed by atoms with Gasteiger partial charge in [-0.05, 0) is 31.5 Å². The van der Waals surface area contributed by atoms with Crippen molar-refractivity contribution in [3.8, 4) is 5.75 Å². The van der Waals surface area contributed by atoms with E-state index < -0.39 is 0 Å². The predicted molar refractivity (Wildman–Crippen MR) is 74.0 cm³/mol. The number of benzene rings is 1. The molecule has 0 aliphatic heterocycles. The number of rotatable bonds is 5. The number of halogens is 1. The number of ether oxygens (including phenoxy) is 1. The lowest BCUT2D eigenvalue weighted by Crippen LogP contribution is -2.08. The van der Waals surface area contributed by atoms with E-state index in [1.807, 2.05) is 44.3 Å². The van der Waals surface area contributed by atoms with E-state index in [-0.39, 0.29) is 4.83 Å². The third-order valence-corrected chi connectivity index (χ3v) is 3.01. The lowest BCUT2D eigenvalue weighted by atomic mass is 10.2. The Balaban J connectivity index is 1.84. The van der Waals surface area contributed by atoms with Crippen LogP contribution in [0.3, 0.4) is 0 Å². The minimum atomic E-state index is 0.226. The molecule has 0 saturated carbocycles. The summed E-state index contributed by atoms with van der Waals surface area (Å²) in [6, 6.07) is 8.02. The first-order valence-electron chi connectivity index (χ1n) is 5.89. The van der Waals surface area contributed by atoms with Crippen molar-refractivity contribution in [2.75, 3.05) is 6.61 Å². The first kappa shape index (κ1) is 13.1. The maximum atomic E-state index is 5.66. The summed E-state index contributed by atoms with van der Waals surface area (Å²) >= 11 is 3.46. The van der Waals surface area contributed by atoms with Gasteiger partial charge in [0.05, 0.1) is 17.1 Å². The van der Waals surface area contributed by atoms with E-state index in [9.17, 15) is 0 Å². The molecule has 1 heterocycles. The highest BCUT2D eigenvalue weighted by Crippen LogP contribution is 2.18. The third-order valence-electron chi connectivity index (χ3n) is 2.54. The monoisotopic (exact) mass is 309 g/mol. The maximum absolute atomic E-state index is 5.66. The van der Waals surface area contributed by atoms with Gasteiger partial charge in [-0.15, -0.1) is 5.10 Å². The van der Waals surface area contributed by atoms with Gasteiger partial charge >= 0.3 is 0 Å². The smallest absolute Gasteiger partial charge is 0.119 e. The van der Waals surface area contributed by atoms with Crippen LogP contribution in [0, 0.1) is 6.92 Å². The Kier molecular flexibility index (Phi) is 4.36. The molecule has 96 valence electrons. The summed E-state index contributed by atoms with van der Waals surface area (Å²) in [5.41, 5.74) is 2.13. The van der Waals surface area contributed by atoms with Crippen LogP contribution in [-0.2, 0) is 6.54 Å². The molecule has 2 aromatic rings. The van der Waals surface area contributed by atoms with Crippen molar-refractivity contribution >= 4 is 15.9 Å². The summed E-state index contributed by atoms with van der Waals surface area (Å²) in [5.74, 6) is 0.893. The summed E-state index contributed by atoms with van der Waals surface area (Å²) in [6.45, 7) is 5.36. The molecule has 0 spiro atoms. The molecule has 0 amide bonds. The molecule has 0 bridgehead atoms. The molecular formula is C13H16BrN3O. The van der Waals surface area contributed by atoms with E-state index in [0.717, 1.165) is 11.4 Å². The molecule has 0 saturated heterocycles. The summed E-state index contributed by atoms with van der Waals surface area (Å²) < 4.78 is 7.45. The third kappa shape index (κ3) is 3.57. The molecule has 2 rings (SSSR count). The highest BCUT2D eigenvalue weighted by Gasteiger charge is 2.05. The molecule has 1 atom stereocenters. The van der Waals surface area contributed by atoms with Crippen LogP contribution < -0.4 is 4.74 Å². The minimum absolute atomic E-state index is 0.226. The average molecular weight is 310 g/mol. The molecule has 0 aliphatic rings. The van der Waals surface area contributed by atoms with Crippen LogP contribution in [-0.4, -0.2) is 21.6 Å². The molecular weight excluding hydrogens is 294 g/mol. The first-order valence-corrected chi connectivity index (χ1v) is 6.80. The molecule has 1 aromatic heterocycles. The van der Waals surface area contributed by atoms with Gasteiger partial charge in [-0.2, -0.15) is 0 Å². The summed E-state index contributed by atoms with van der Waals surface area (Å²) in [4.78, 5) is 0.226. The second kappa shape index (κ2) is 6.00. The van der Waals surface area contributed by atoms with Crippen molar-refractivity contribution < 1.29 is 4.74 Å². The Morgan fingerprint density at radius 1 is 1.44 bits per heavy atom. The van der Waals surface area contributed by atoms with E-state index in [1.54, 1.807) is 4.68 Å². The lowest BCUT2D eigenvalue weighted by Gasteiger charge is -2.06. The molecule has 5 heteroatoms. The van der Waals surface area contributed by atoms with Crippen LogP contribution in [0.25, 0.3) is 0 Å². The predicted octanol–water partition coefficient (Wildman–Crippen LogP) is 3.12. The Bertz CT molecular complexity index is 510. The van der Waals surface area contributed by atoms with E-state index in [4.69, 9.17) is 4.74 Å². The maximum Gasteiger partial charge on any atom is 0.119 e. The van der Waals surface area contributed by atoms with Crippen LogP contribution in [0.1, 0.15) is 23.0 Å². The molecule has 0 N–H and O–H groups in total. The van der Waals surface area contributed by atoms with Crippen LogP contribution in [0.5, 0.6) is 5.75 Å². The molecule has 0 fully saturated rings. The number of aryl methyl sites for hydroxylation is 1. The largest absolute Gasteiger partial charge is 0.492 e. The van der Waals surface area contributed by atoms with Gasteiger partial charge in [0.15, 0.2) is 0 Å². The summed E-state index contributed by atoms with van der Waals surface area (Å²) in [5, 5.41) is 8.11. The van der Waals surface area contributed by atoms with Crippen molar-refractivity contribution in [1.29, 1.82) is 0 Å². The topological polar surface area (TPSA) is 39.9 Å². The quantitative estimate of drug-likeness (QED) is 0.797. The van der Waals surface area contributed by atoms with Gasteiger partial charge in [0.1, 0.15) is 12.4 Å². The second-order valence-electron chi connectivity index (χ2n) is 4.19. The highest BCUT2D eigenvalue weighted by molar-refractivity contribution is 9.09. The number of hydrogen-bond donors (Lipinski definition) is 0. The number of nitrogens with zero attached hydrogens (tertiary/aromatic N) is 3. The van der Waals surface area contributed by atoms with Crippen molar-refractivity contribution in [2.24, 2.45) is 0 Å². The van der Waals surface area contributed by atoms with E-state index >= 15 is 0 Å². The minimum Gasteiger partial charge on any atom is -0.492 e. The van der Waals surface area contributed by atoms with Crippen LogP contribution in [0.2, 0.25) is 0 Å². The van der Waals surface area contributed by atoms with E-state index in [2.05, 4.69) is 26.2 Å². The SMILES string of the molecule is Cc1cccc(OCCn2cc(C(C)Br)nn2)c1. The highest BCUT2D eigenvalue weighted by atomic mass is 79.9. The van der Waals surface area contributed by atoms with Gasteiger partial charge in [-0.3, -0.25) is 0 Å². The molecule has 4 nitrogen and oxygen atoms in total. The number of hydrogen-bond acceptors (Lipinski definition) is 3. The second-order valence-corrected chi connectivity index (χ2v) is 5.56. The molecule has 1 aromatic carbocycles. The summed E-state index contributed by atoms with van der Waals surface area (Å²) in [7, 11) is 0. The zero-order valence-corrected chi connectivity index (χ0v) is 12.1. The van der Waals surface area contributed by atoms with Gasteiger partial charge in [-0.1, -0.05) is 33.3 Å². The van der Waals surface area contributed by atoms with Gasteiger partial charge < -0.3 is 4.74 Å². The Hall–Kier alpha value is -1.36. The normalized spacial score (nSPS) is 12.4. The zero-order valence-electron chi connectivity index (χ0n) is 10.5. The fraction of sp³-hybridized carbons (Fsp3) is 0.385. The fourth-order valence-corrected chi connectivity index (χ4v) is 1.78. The van der Waals surface area contributed by atoms with Crippen LogP contribution >= 0.6 is 15.9 Å². The Labute approximate surface area is 115 Å². The fourth-order valence-electron chi connectivity index (χ4n) is 1.57. The zero-order chi connectivity index (χ0) is 13.0. The standard InChI is InChI=1S/C13H16BrN3O/c1-10-4-3-5-12(8-10)18-7-6-17-9-13(11(2)14)15-16-17/h3-5,8-9,11H,6-7H2,1-2H3. The molecule has 18 heavy (non-hydrogen) atoms. The van der Waals surface area contributed by atoms with Crippen molar-refractivity contribution in [3.05, 3.63) is 41.7 Å². The van der Waals surface area contributed by atoms with E-state index in [0.29, 0.717) is 13.2 Å². The van der Waals surface area contributed by atoms with Crippen molar-refractivity contribution in [1.82, 2.24) is 15.0 Å². The van der Waals surface area contributed by atoms with Gasteiger partial charge in [0.2, 0.25) is 0 Å². The van der Waals surface area contributed by atoms with Gasteiger partial charge in [0, 0.05) is 6.20 Å². The Morgan fingerprint density at radius 3 is 2.94 bits per heavy atom. The first-order chi connectivity index (χ1) is 8.65.